The summed E-state index contributed by atoms with van der Waals surface area (Å²) in [5.74, 6) is -0.969. The van der Waals surface area contributed by atoms with Gasteiger partial charge in [0, 0.05) is 6.42 Å². The van der Waals surface area contributed by atoms with Crippen LogP contribution in [-0.2, 0) is 0 Å². The quantitative estimate of drug-likeness (QED) is 0.829. The second-order valence-electron chi connectivity index (χ2n) is 4.01. The third-order valence-electron chi connectivity index (χ3n) is 2.35. The van der Waals surface area contributed by atoms with Gasteiger partial charge in [0.25, 0.3) is 0 Å². The Morgan fingerprint density at radius 1 is 1.39 bits per heavy atom. The number of carbonyl (C=O) groups is 1. The van der Waals surface area contributed by atoms with Gasteiger partial charge in [-0.2, -0.15) is 0 Å². The van der Waals surface area contributed by atoms with Gasteiger partial charge in [-0.3, -0.25) is 4.79 Å². The van der Waals surface area contributed by atoms with Gasteiger partial charge in [-0.1, -0.05) is 19.1 Å². The zero-order valence-electron chi connectivity index (χ0n) is 9.83. The zero-order valence-corrected chi connectivity index (χ0v) is 9.83. The lowest BCUT2D eigenvalue weighted by Gasteiger charge is -2.13. The van der Waals surface area contributed by atoms with Crippen LogP contribution in [0.3, 0.4) is 0 Å². The number of Topliss-reactive ketones (excluding diaryl/α,β-unsaturated/α-hetero) is 1. The van der Waals surface area contributed by atoms with Crippen LogP contribution < -0.4 is 10.5 Å². The number of benzene rings is 1. The van der Waals surface area contributed by atoms with Gasteiger partial charge in [0.2, 0.25) is 0 Å². The number of alkyl halides is 3. The first-order valence-electron chi connectivity index (χ1n) is 5.41. The molecule has 1 atom stereocenters. The van der Waals surface area contributed by atoms with Gasteiger partial charge in [0.05, 0.1) is 5.56 Å². The summed E-state index contributed by atoms with van der Waals surface area (Å²) in [5.41, 5.74) is 5.30. The van der Waals surface area contributed by atoms with Crippen molar-refractivity contribution in [3.63, 3.8) is 0 Å². The van der Waals surface area contributed by atoms with E-state index in [9.17, 15) is 18.0 Å². The third-order valence-corrected chi connectivity index (χ3v) is 2.35. The molecule has 0 aromatic heterocycles. The summed E-state index contributed by atoms with van der Waals surface area (Å²) in [6.45, 7) is 2.05. The largest absolute Gasteiger partial charge is 0.573 e. The van der Waals surface area contributed by atoms with Crippen molar-refractivity contribution in [2.75, 3.05) is 6.54 Å². The van der Waals surface area contributed by atoms with E-state index in [1.807, 2.05) is 0 Å². The average molecular weight is 261 g/mol. The molecular formula is C12H14F3NO2. The molecule has 1 rings (SSSR count). The second-order valence-corrected chi connectivity index (χ2v) is 4.01. The molecule has 0 fully saturated rings. The minimum absolute atomic E-state index is 0.0740. The van der Waals surface area contributed by atoms with Crippen LogP contribution in [0.15, 0.2) is 24.3 Å². The van der Waals surface area contributed by atoms with Crippen LogP contribution in [0.2, 0.25) is 0 Å². The Hall–Kier alpha value is -1.56. The molecule has 100 valence electrons. The SMILES string of the molecule is CC(CN)CC(=O)c1ccccc1OC(F)(F)F. The molecule has 2 N–H and O–H groups in total. The molecule has 1 aromatic rings. The summed E-state index contributed by atoms with van der Waals surface area (Å²) in [6, 6.07) is 5.30. The van der Waals surface area contributed by atoms with E-state index in [2.05, 4.69) is 4.74 Å². The third kappa shape index (κ3) is 4.37. The van der Waals surface area contributed by atoms with Gasteiger partial charge in [-0.25, -0.2) is 0 Å². The first kappa shape index (κ1) is 14.5. The Kier molecular flexibility index (Phi) is 4.72. The van der Waals surface area contributed by atoms with Crippen LogP contribution >= 0.6 is 0 Å². The summed E-state index contributed by atoms with van der Waals surface area (Å²) < 4.78 is 40.3. The summed E-state index contributed by atoms with van der Waals surface area (Å²) >= 11 is 0. The lowest BCUT2D eigenvalue weighted by molar-refractivity contribution is -0.274. The highest BCUT2D eigenvalue weighted by Crippen LogP contribution is 2.27. The van der Waals surface area contributed by atoms with Gasteiger partial charge in [0.1, 0.15) is 5.75 Å². The number of ketones is 1. The monoisotopic (exact) mass is 261 g/mol. The predicted octanol–water partition coefficient (Wildman–Crippen LogP) is 2.75. The number of hydrogen-bond acceptors (Lipinski definition) is 3. The van der Waals surface area contributed by atoms with E-state index >= 15 is 0 Å². The highest BCUT2D eigenvalue weighted by Gasteiger charge is 2.32. The molecule has 0 aliphatic carbocycles. The van der Waals surface area contributed by atoms with Crippen LogP contribution in [0, 0.1) is 5.92 Å². The highest BCUT2D eigenvalue weighted by molar-refractivity contribution is 5.98. The van der Waals surface area contributed by atoms with Gasteiger partial charge in [0.15, 0.2) is 5.78 Å². The second kappa shape index (κ2) is 5.86. The fourth-order valence-corrected chi connectivity index (χ4v) is 1.42. The molecule has 0 spiro atoms. The van der Waals surface area contributed by atoms with Crippen molar-refractivity contribution in [3.8, 4) is 5.75 Å². The Morgan fingerprint density at radius 2 is 2.00 bits per heavy atom. The lowest BCUT2D eigenvalue weighted by atomic mass is 9.99. The fraction of sp³-hybridized carbons (Fsp3) is 0.417. The Bertz CT molecular complexity index is 418. The number of carbonyl (C=O) groups excluding carboxylic acids is 1. The normalized spacial score (nSPS) is 13.2. The Morgan fingerprint density at radius 3 is 2.56 bits per heavy atom. The zero-order chi connectivity index (χ0) is 13.8. The first-order valence-corrected chi connectivity index (χ1v) is 5.41. The smallest absolute Gasteiger partial charge is 0.405 e. The van der Waals surface area contributed by atoms with Crippen LogP contribution in [0.1, 0.15) is 23.7 Å². The van der Waals surface area contributed by atoms with Gasteiger partial charge < -0.3 is 10.5 Å². The standard InChI is InChI=1S/C12H14F3NO2/c1-8(7-16)6-10(17)9-4-2-3-5-11(9)18-12(13,14)15/h2-5,8H,6-7,16H2,1H3. The van der Waals surface area contributed by atoms with Crippen molar-refractivity contribution < 1.29 is 22.7 Å². The van der Waals surface area contributed by atoms with E-state index in [0.717, 1.165) is 6.07 Å². The summed E-state index contributed by atoms with van der Waals surface area (Å²) in [5, 5.41) is 0. The van der Waals surface area contributed by atoms with Crippen molar-refractivity contribution in [2.24, 2.45) is 11.7 Å². The number of para-hydroxylation sites is 1. The fourth-order valence-electron chi connectivity index (χ4n) is 1.42. The molecule has 0 amide bonds. The molecule has 0 aliphatic rings. The van der Waals surface area contributed by atoms with Crippen molar-refractivity contribution in [2.45, 2.75) is 19.7 Å². The molecular weight excluding hydrogens is 247 g/mol. The number of halogens is 3. The number of rotatable bonds is 5. The summed E-state index contributed by atoms with van der Waals surface area (Å²) in [6.07, 6.45) is -4.72. The Balaban J connectivity index is 2.91. The van der Waals surface area contributed by atoms with Crippen molar-refractivity contribution >= 4 is 5.78 Å². The first-order chi connectivity index (χ1) is 8.33. The number of ether oxygens (including phenoxy) is 1. The molecule has 6 heteroatoms. The molecule has 1 unspecified atom stereocenters. The van der Waals surface area contributed by atoms with Crippen LogP contribution in [0.4, 0.5) is 13.2 Å². The molecule has 3 nitrogen and oxygen atoms in total. The number of hydrogen-bond donors (Lipinski definition) is 1. The minimum atomic E-state index is -4.81. The molecule has 0 saturated carbocycles. The van der Waals surface area contributed by atoms with Crippen LogP contribution in [0.5, 0.6) is 5.75 Å². The maximum Gasteiger partial charge on any atom is 0.573 e. The summed E-state index contributed by atoms with van der Waals surface area (Å²) in [7, 11) is 0. The molecule has 0 bridgehead atoms. The molecule has 18 heavy (non-hydrogen) atoms. The molecule has 1 aromatic carbocycles. The van der Waals surface area contributed by atoms with Crippen molar-refractivity contribution in [3.05, 3.63) is 29.8 Å². The molecule has 0 heterocycles. The topological polar surface area (TPSA) is 52.3 Å². The molecule has 0 radical (unpaired) electrons. The predicted molar refractivity (Wildman–Crippen MR) is 60.3 cm³/mol. The van der Waals surface area contributed by atoms with Gasteiger partial charge >= 0.3 is 6.36 Å². The lowest BCUT2D eigenvalue weighted by Crippen LogP contribution is -2.20. The van der Waals surface area contributed by atoms with Gasteiger partial charge in [-0.15, -0.1) is 13.2 Å². The highest BCUT2D eigenvalue weighted by atomic mass is 19.4. The van der Waals surface area contributed by atoms with E-state index in [0.29, 0.717) is 6.54 Å². The maximum absolute atomic E-state index is 12.2. The molecule has 0 aliphatic heterocycles. The summed E-state index contributed by atoms with van der Waals surface area (Å²) in [4.78, 5) is 11.8. The maximum atomic E-state index is 12.2. The van der Waals surface area contributed by atoms with Crippen molar-refractivity contribution in [1.82, 2.24) is 0 Å². The van der Waals surface area contributed by atoms with E-state index in [1.54, 1.807) is 6.92 Å². The van der Waals surface area contributed by atoms with E-state index < -0.39 is 17.9 Å². The average Bonchev–Trinajstić information content (AvgIpc) is 2.27. The Labute approximate surface area is 103 Å². The van der Waals surface area contributed by atoms with E-state index in [-0.39, 0.29) is 17.9 Å². The van der Waals surface area contributed by atoms with E-state index in [4.69, 9.17) is 5.73 Å². The minimum Gasteiger partial charge on any atom is -0.405 e. The van der Waals surface area contributed by atoms with Gasteiger partial charge in [-0.05, 0) is 24.6 Å². The molecule has 0 saturated heterocycles. The van der Waals surface area contributed by atoms with Crippen LogP contribution in [0.25, 0.3) is 0 Å². The van der Waals surface area contributed by atoms with E-state index in [1.165, 1.54) is 18.2 Å². The van der Waals surface area contributed by atoms with Crippen LogP contribution in [-0.4, -0.2) is 18.7 Å². The number of nitrogens with two attached hydrogens (primary N) is 1. The van der Waals surface area contributed by atoms with Crippen molar-refractivity contribution in [1.29, 1.82) is 0 Å².